The summed E-state index contributed by atoms with van der Waals surface area (Å²) in [5.41, 5.74) is 0.329. The van der Waals surface area contributed by atoms with E-state index < -0.39 is 16.4 Å². The maximum absolute atomic E-state index is 12.7. The van der Waals surface area contributed by atoms with Gasteiger partial charge in [0.2, 0.25) is 0 Å². The van der Waals surface area contributed by atoms with Gasteiger partial charge in [-0.05, 0) is 26.0 Å². The number of non-ortho nitro benzene ring substituents is 1. The van der Waals surface area contributed by atoms with Gasteiger partial charge < -0.3 is 10.1 Å². The Morgan fingerprint density at radius 2 is 2.04 bits per heavy atom. The second kappa shape index (κ2) is 6.37. The fourth-order valence-corrected chi connectivity index (χ4v) is 3.17. The smallest absolute Gasteiger partial charge is 0.270 e. The van der Waals surface area contributed by atoms with Crippen LogP contribution in [0.2, 0.25) is 5.02 Å². The number of rotatable bonds is 3. The first kappa shape index (κ1) is 17.2. The van der Waals surface area contributed by atoms with E-state index in [0.717, 1.165) is 5.56 Å². The van der Waals surface area contributed by atoms with E-state index in [0.29, 0.717) is 12.2 Å². The van der Waals surface area contributed by atoms with Crippen LogP contribution < -0.4 is 10.1 Å². The summed E-state index contributed by atoms with van der Waals surface area (Å²) in [5.74, 6) is 0.264. The van der Waals surface area contributed by atoms with Gasteiger partial charge in [-0.25, -0.2) is 0 Å². The molecule has 1 heterocycles. The number of nitro benzene ring substituents is 1. The van der Waals surface area contributed by atoms with E-state index in [1.807, 2.05) is 38.1 Å². The highest BCUT2D eigenvalue weighted by Crippen LogP contribution is 2.39. The molecule has 130 valence electrons. The number of nitrogens with one attached hydrogen (secondary N) is 1. The quantitative estimate of drug-likeness (QED) is 0.654. The third-order valence-corrected chi connectivity index (χ3v) is 4.42. The van der Waals surface area contributed by atoms with E-state index in [9.17, 15) is 14.9 Å². The van der Waals surface area contributed by atoms with Crippen LogP contribution in [-0.4, -0.2) is 16.4 Å². The summed E-state index contributed by atoms with van der Waals surface area (Å²) in [6.45, 7) is 3.89. The fraction of sp³-hybridized carbons (Fsp3) is 0.278. The van der Waals surface area contributed by atoms with Crippen molar-refractivity contribution >= 4 is 23.2 Å². The average molecular weight is 361 g/mol. The van der Waals surface area contributed by atoms with Gasteiger partial charge in [-0.3, -0.25) is 14.9 Å². The molecule has 0 spiro atoms. The molecule has 1 aliphatic rings. The van der Waals surface area contributed by atoms with Gasteiger partial charge >= 0.3 is 0 Å². The Morgan fingerprint density at radius 1 is 1.32 bits per heavy atom. The minimum Gasteiger partial charge on any atom is -0.487 e. The standard InChI is InChI=1S/C18H17ClN2O4/c1-18(2)10-15(12-5-3-4-6-16(12)25-18)20-17(22)13-9-11(21(23)24)7-8-14(13)19/h3-9,15H,10H2,1-2H3,(H,20,22)/t15-/m1/s1. The van der Waals surface area contributed by atoms with Crippen molar-refractivity contribution in [2.24, 2.45) is 0 Å². The zero-order valence-corrected chi connectivity index (χ0v) is 14.5. The minimum absolute atomic E-state index is 0.0812. The zero-order valence-electron chi connectivity index (χ0n) is 13.8. The largest absolute Gasteiger partial charge is 0.487 e. The molecule has 0 aliphatic carbocycles. The van der Waals surface area contributed by atoms with Gasteiger partial charge in [0.25, 0.3) is 11.6 Å². The number of halogens is 1. The summed E-state index contributed by atoms with van der Waals surface area (Å²) < 4.78 is 5.94. The molecule has 0 unspecified atom stereocenters. The Labute approximate surface area is 149 Å². The number of nitrogens with zero attached hydrogens (tertiary/aromatic N) is 1. The van der Waals surface area contributed by atoms with Crippen LogP contribution in [0, 0.1) is 10.1 Å². The molecule has 1 N–H and O–H groups in total. The molecule has 0 aromatic heterocycles. The third-order valence-electron chi connectivity index (χ3n) is 4.09. The number of hydrogen-bond donors (Lipinski definition) is 1. The van der Waals surface area contributed by atoms with Gasteiger partial charge in [0, 0.05) is 24.1 Å². The second-order valence-electron chi connectivity index (χ2n) is 6.55. The summed E-state index contributed by atoms with van der Waals surface area (Å²) in [4.78, 5) is 23.1. The molecule has 0 radical (unpaired) electrons. The summed E-state index contributed by atoms with van der Waals surface area (Å²) in [6.07, 6.45) is 0.572. The second-order valence-corrected chi connectivity index (χ2v) is 6.96. The fourth-order valence-electron chi connectivity index (χ4n) is 2.97. The molecule has 25 heavy (non-hydrogen) atoms. The molecule has 2 aromatic rings. The lowest BCUT2D eigenvalue weighted by Crippen LogP contribution is -2.41. The Hall–Kier alpha value is -2.60. The maximum atomic E-state index is 12.7. The number of hydrogen-bond acceptors (Lipinski definition) is 4. The zero-order chi connectivity index (χ0) is 18.2. The van der Waals surface area contributed by atoms with Crippen LogP contribution in [0.3, 0.4) is 0 Å². The van der Waals surface area contributed by atoms with Gasteiger partial charge in [0.1, 0.15) is 11.4 Å². The van der Waals surface area contributed by atoms with Crippen LogP contribution in [0.15, 0.2) is 42.5 Å². The lowest BCUT2D eigenvalue weighted by atomic mass is 9.89. The van der Waals surface area contributed by atoms with E-state index in [1.54, 1.807) is 0 Å². The van der Waals surface area contributed by atoms with E-state index in [-0.39, 0.29) is 22.3 Å². The third kappa shape index (κ3) is 3.58. The van der Waals surface area contributed by atoms with Crippen LogP contribution in [0.25, 0.3) is 0 Å². The molecule has 1 atom stereocenters. The molecule has 7 heteroatoms. The highest BCUT2D eigenvalue weighted by atomic mass is 35.5. The normalized spacial score (nSPS) is 18.0. The van der Waals surface area contributed by atoms with Gasteiger partial charge in [-0.2, -0.15) is 0 Å². The number of amides is 1. The summed E-state index contributed by atoms with van der Waals surface area (Å²) in [5, 5.41) is 14.0. The molecular weight excluding hydrogens is 344 g/mol. The van der Waals surface area contributed by atoms with Gasteiger partial charge in [-0.15, -0.1) is 0 Å². The highest BCUT2D eigenvalue weighted by Gasteiger charge is 2.34. The van der Waals surface area contributed by atoms with Crippen molar-refractivity contribution in [2.75, 3.05) is 0 Å². The van der Waals surface area contributed by atoms with Crippen molar-refractivity contribution in [3.8, 4) is 5.75 Å². The molecule has 1 amide bonds. The van der Waals surface area contributed by atoms with E-state index in [2.05, 4.69) is 5.32 Å². The average Bonchev–Trinajstić information content (AvgIpc) is 2.53. The monoisotopic (exact) mass is 360 g/mol. The van der Waals surface area contributed by atoms with Crippen molar-refractivity contribution < 1.29 is 14.5 Å². The lowest BCUT2D eigenvalue weighted by molar-refractivity contribution is -0.384. The van der Waals surface area contributed by atoms with Gasteiger partial charge in [-0.1, -0.05) is 29.8 Å². The summed E-state index contributed by atoms with van der Waals surface area (Å²) >= 11 is 6.06. The van der Waals surface area contributed by atoms with Crippen molar-refractivity contribution in [3.63, 3.8) is 0 Å². The van der Waals surface area contributed by atoms with Crippen molar-refractivity contribution in [1.29, 1.82) is 0 Å². The van der Waals surface area contributed by atoms with E-state index >= 15 is 0 Å². The van der Waals surface area contributed by atoms with Crippen molar-refractivity contribution in [2.45, 2.75) is 31.9 Å². The number of carbonyl (C=O) groups is 1. The van der Waals surface area contributed by atoms with Gasteiger partial charge in [0.15, 0.2) is 0 Å². The number of ether oxygens (including phenoxy) is 1. The lowest BCUT2D eigenvalue weighted by Gasteiger charge is -2.37. The molecule has 1 aliphatic heterocycles. The molecule has 2 aromatic carbocycles. The SMILES string of the molecule is CC1(C)C[C@@H](NC(=O)c2cc([N+](=O)[O-])ccc2Cl)c2ccccc2O1. The summed E-state index contributed by atoms with van der Waals surface area (Å²) in [7, 11) is 0. The first-order valence-corrected chi connectivity index (χ1v) is 8.17. The molecule has 0 saturated heterocycles. The maximum Gasteiger partial charge on any atom is 0.270 e. The van der Waals surface area contributed by atoms with Crippen LogP contribution in [-0.2, 0) is 0 Å². The van der Waals surface area contributed by atoms with Gasteiger partial charge in [0.05, 0.1) is 21.6 Å². The Morgan fingerprint density at radius 3 is 2.76 bits per heavy atom. The topological polar surface area (TPSA) is 81.5 Å². The Bertz CT molecular complexity index is 851. The molecule has 0 fully saturated rings. The van der Waals surface area contributed by atoms with E-state index in [4.69, 9.17) is 16.3 Å². The molecule has 6 nitrogen and oxygen atoms in total. The number of benzene rings is 2. The molecule has 0 bridgehead atoms. The number of para-hydroxylation sites is 1. The van der Waals surface area contributed by atoms with Crippen LogP contribution in [0.5, 0.6) is 5.75 Å². The number of carbonyl (C=O) groups excluding carboxylic acids is 1. The first-order chi connectivity index (χ1) is 11.8. The molecular formula is C18H17ClN2O4. The Balaban J connectivity index is 1.91. The molecule has 3 rings (SSSR count). The predicted molar refractivity (Wildman–Crippen MR) is 94.1 cm³/mol. The van der Waals surface area contributed by atoms with Crippen LogP contribution in [0.4, 0.5) is 5.69 Å². The van der Waals surface area contributed by atoms with Crippen molar-refractivity contribution in [3.05, 3.63) is 68.7 Å². The number of fused-ring (bicyclic) bond motifs is 1. The van der Waals surface area contributed by atoms with Crippen LogP contribution in [0.1, 0.15) is 42.2 Å². The minimum atomic E-state index is -0.556. The summed E-state index contributed by atoms with van der Waals surface area (Å²) in [6, 6.07) is 11.0. The number of nitro groups is 1. The van der Waals surface area contributed by atoms with E-state index in [1.165, 1.54) is 18.2 Å². The van der Waals surface area contributed by atoms with Crippen LogP contribution >= 0.6 is 11.6 Å². The Kier molecular flexibility index (Phi) is 4.39. The van der Waals surface area contributed by atoms with Crippen molar-refractivity contribution in [1.82, 2.24) is 5.32 Å². The predicted octanol–water partition coefficient (Wildman–Crippen LogP) is 4.28. The molecule has 0 saturated carbocycles. The first-order valence-electron chi connectivity index (χ1n) is 7.79. The highest BCUT2D eigenvalue weighted by molar-refractivity contribution is 6.34.